The number of nitrogens with zero attached hydrogens (tertiary/aromatic N) is 2. The number of furan rings is 1. The highest BCUT2D eigenvalue weighted by Gasteiger charge is 2.39. The van der Waals surface area contributed by atoms with Gasteiger partial charge in [-0.1, -0.05) is 12.1 Å². The van der Waals surface area contributed by atoms with E-state index < -0.39 is 0 Å². The van der Waals surface area contributed by atoms with Crippen LogP contribution in [0.25, 0.3) is 0 Å². The molecule has 1 aromatic carbocycles. The number of hydrogen-bond donors (Lipinski definition) is 1. The molecule has 0 radical (unpaired) electrons. The number of amides is 2. The van der Waals surface area contributed by atoms with Gasteiger partial charge in [-0.15, -0.1) is 12.4 Å². The van der Waals surface area contributed by atoms with Gasteiger partial charge in [0.1, 0.15) is 0 Å². The maximum atomic E-state index is 13.4. The van der Waals surface area contributed by atoms with Crippen molar-refractivity contribution < 1.29 is 14.0 Å². The number of carbonyl (C=O) groups excluding carboxylic acids is 2. The van der Waals surface area contributed by atoms with Crippen LogP contribution in [0, 0.1) is 0 Å². The second kappa shape index (κ2) is 8.15. The van der Waals surface area contributed by atoms with Crippen LogP contribution < -0.4 is 10.2 Å². The van der Waals surface area contributed by atoms with Crippen LogP contribution in [-0.2, 0) is 0 Å². The zero-order valence-electron chi connectivity index (χ0n) is 15.3. The van der Waals surface area contributed by atoms with E-state index >= 15 is 0 Å². The fourth-order valence-electron chi connectivity index (χ4n) is 4.07. The summed E-state index contributed by atoms with van der Waals surface area (Å²) in [6, 6.07) is 11.1. The van der Waals surface area contributed by atoms with Crippen LogP contribution in [0.2, 0.25) is 0 Å². The summed E-state index contributed by atoms with van der Waals surface area (Å²) in [4.78, 5) is 29.6. The van der Waals surface area contributed by atoms with Gasteiger partial charge in [-0.3, -0.25) is 9.59 Å². The minimum absolute atomic E-state index is 0. The Labute approximate surface area is 164 Å². The molecule has 0 spiro atoms. The molecule has 0 saturated carbocycles. The van der Waals surface area contributed by atoms with Crippen molar-refractivity contribution >= 4 is 29.9 Å². The number of anilines is 1. The number of hydrogen-bond acceptors (Lipinski definition) is 4. The molecule has 7 heteroatoms. The Balaban J connectivity index is 0.00000210. The SMILES string of the molecule is CN(C(=O)c1ccco1)c1ccccc1C(=O)N1C2CCNCC1CC2.Cl. The molecular formula is C20H24ClN3O3. The molecule has 2 saturated heterocycles. The summed E-state index contributed by atoms with van der Waals surface area (Å²) >= 11 is 0. The van der Waals surface area contributed by atoms with Gasteiger partial charge in [0.25, 0.3) is 11.8 Å². The van der Waals surface area contributed by atoms with Gasteiger partial charge in [0.2, 0.25) is 0 Å². The van der Waals surface area contributed by atoms with Crippen molar-refractivity contribution in [2.75, 3.05) is 25.0 Å². The topological polar surface area (TPSA) is 65.8 Å². The largest absolute Gasteiger partial charge is 0.459 e. The number of nitrogens with one attached hydrogen (secondary N) is 1. The lowest BCUT2D eigenvalue weighted by Gasteiger charge is -2.29. The average molecular weight is 390 g/mol. The van der Waals surface area contributed by atoms with Gasteiger partial charge in [0.05, 0.1) is 17.5 Å². The van der Waals surface area contributed by atoms with Gasteiger partial charge >= 0.3 is 0 Å². The summed E-state index contributed by atoms with van der Waals surface area (Å²) in [5.74, 6) is 0.000411. The van der Waals surface area contributed by atoms with Crippen molar-refractivity contribution in [2.45, 2.75) is 31.3 Å². The molecule has 2 unspecified atom stereocenters. The molecule has 3 heterocycles. The molecule has 2 atom stereocenters. The van der Waals surface area contributed by atoms with Crippen LogP contribution in [0.5, 0.6) is 0 Å². The molecule has 4 rings (SSSR count). The Bertz CT molecular complexity index is 795. The second-order valence-corrected chi connectivity index (χ2v) is 6.95. The summed E-state index contributed by atoms with van der Waals surface area (Å²) in [7, 11) is 1.68. The van der Waals surface area contributed by atoms with Crippen LogP contribution in [-0.4, -0.2) is 48.9 Å². The third kappa shape index (κ3) is 3.59. The first kappa shape index (κ1) is 19.5. The van der Waals surface area contributed by atoms with Gasteiger partial charge in [-0.2, -0.15) is 0 Å². The van der Waals surface area contributed by atoms with Gasteiger partial charge < -0.3 is 19.5 Å². The van der Waals surface area contributed by atoms with E-state index in [9.17, 15) is 9.59 Å². The first-order valence-corrected chi connectivity index (χ1v) is 9.11. The molecular weight excluding hydrogens is 366 g/mol. The van der Waals surface area contributed by atoms with E-state index in [1.165, 1.54) is 11.2 Å². The molecule has 144 valence electrons. The van der Waals surface area contributed by atoms with E-state index in [2.05, 4.69) is 5.32 Å². The Kier molecular flexibility index (Phi) is 5.87. The smallest absolute Gasteiger partial charge is 0.293 e. The maximum Gasteiger partial charge on any atom is 0.293 e. The number of para-hydroxylation sites is 1. The molecule has 0 aliphatic carbocycles. The molecule has 1 aromatic heterocycles. The van der Waals surface area contributed by atoms with E-state index in [0.717, 1.165) is 32.4 Å². The fourth-order valence-corrected chi connectivity index (χ4v) is 4.07. The number of rotatable bonds is 3. The highest BCUT2D eigenvalue weighted by molar-refractivity contribution is 6.09. The van der Waals surface area contributed by atoms with Gasteiger partial charge in [-0.05, 0) is 50.1 Å². The number of fused-ring (bicyclic) bond motifs is 2. The molecule has 1 N–H and O–H groups in total. The number of carbonyl (C=O) groups is 2. The Hall–Kier alpha value is -2.31. The normalized spacial score (nSPS) is 21.3. The number of halogens is 1. The van der Waals surface area contributed by atoms with E-state index in [-0.39, 0.29) is 42.1 Å². The Morgan fingerprint density at radius 2 is 1.89 bits per heavy atom. The second-order valence-electron chi connectivity index (χ2n) is 6.95. The first-order valence-electron chi connectivity index (χ1n) is 9.11. The lowest BCUT2D eigenvalue weighted by atomic mass is 10.1. The monoisotopic (exact) mass is 389 g/mol. The predicted molar refractivity (Wildman–Crippen MR) is 106 cm³/mol. The van der Waals surface area contributed by atoms with Crippen molar-refractivity contribution in [3.63, 3.8) is 0 Å². The van der Waals surface area contributed by atoms with Crippen molar-refractivity contribution in [1.29, 1.82) is 0 Å². The average Bonchev–Trinajstić information content (AvgIpc) is 3.27. The van der Waals surface area contributed by atoms with Crippen LogP contribution >= 0.6 is 12.4 Å². The highest BCUT2D eigenvalue weighted by atomic mass is 35.5. The molecule has 2 bridgehead atoms. The summed E-state index contributed by atoms with van der Waals surface area (Å²) in [6.45, 7) is 1.79. The summed E-state index contributed by atoms with van der Waals surface area (Å²) in [5, 5.41) is 3.42. The van der Waals surface area contributed by atoms with Crippen molar-refractivity contribution in [1.82, 2.24) is 10.2 Å². The lowest BCUT2D eigenvalue weighted by Crippen LogP contribution is -2.43. The predicted octanol–water partition coefficient (Wildman–Crippen LogP) is 2.94. The highest BCUT2D eigenvalue weighted by Crippen LogP contribution is 2.32. The minimum atomic E-state index is -0.268. The molecule has 6 nitrogen and oxygen atoms in total. The first-order chi connectivity index (χ1) is 12.7. The minimum Gasteiger partial charge on any atom is -0.459 e. The van der Waals surface area contributed by atoms with Crippen molar-refractivity contribution in [3.05, 3.63) is 54.0 Å². The van der Waals surface area contributed by atoms with Gasteiger partial charge in [-0.25, -0.2) is 0 Å². The van der Waals surface area contributed by atoms with E-state index in [1.54, 1.807) is 25.2 Å². The molecule has 2 fully saturated rings. The van der Waals surface area contributed by atoms with Crippen LogP contribution in [0.3, 0.4) is 0 Å². The Morgan fingerprint density at radius 3 is 2.67 bits per heavy atom. The number of benzene rings is 1. The third-order valence-electron chi connectivity index (χ3n) is 5.42. The van der Waals surface area contributed by atoms with Crippen molar-refractivity contribution in [2.24, 2.45) is 0 Å². The summed E-state index contributed by atoms with van der Waals surface area (Å²) < 4.78 is 5.22. The maximum absolute atomic E-state index is 13.4. The van der Waals surface area contributed by atoms with E-state index in [4.69, 9.17) is 4.42 Å². The molecule has 2 aliphatic heterocycles. The van der Waals surface area contributed by atoms with Crippen molar-refractivity contribution in [3.8, 4) is 0 Å². The molecule has 2 aromatic rings. The quantitative estimate of drug-likeness (QED) is 0.876. The summed E-state index contributed by atoms with van der Waals surface area (Å²) in [6.07, 6.45) is 4.54. The third-order valence-corrected chi connectivity index (χ3v) is 5.42. The molecule has 27 heavy (non-hydrogen) atoms. The summed E-state index contributed by atoms with van der Waals surface area (Å²) in [5.41, 5.74) is 1.17. The van der Waals surface area contributed by atoms with Gasteiger partial charge in [0.15, 0.2) is 5.76 Å². The fraction of sp³-hybridized carbons (Fsp3) is 0.400. The van der Waals surface area contributed by atoms with Gasteiger partial charge in [0, 0.05) is 25.7 Å². The standard InChI is InChI=1S/C20H23N3O3.ClH/c1-22(20(25)18-7-4-12-26-18)17-6-3-2-5-16(17)19(24)23-14-8-9-15(23)13-21-11-10-14;/h2-7,12,14-15,21H,8-11,13H2,1H3;1H. The lowest BCUT2D eigenvalue weighted by molar-refractivity contribution is 0.0681. The van der Waals surface area contributed by atoms with Crippen LogP contribution in [0.1, 0.15) is 40.2 Å². The van der Waals surface area contributed by atoms with E-state index in [1.807, 2.05) is 23.1 Å². The Morgan fingerprint density at radius 1 is 1.11 bits per heavy atom. The van der Waals surface area contributed by atoms with Crippen LogP contribution in [0.15, 0.2) is 47.1 Å². The molecule has 2 aliphatic rings. The zero-order chi connectivity index (χ0) is 18.1. The molecule has 2 amide bonds. The van der Waals surface area contributed by atoms with E-state index in [0.29, 0.717) is 11.3 Å². The van der Waals surface area contributed by atoms with Crippen LogP contribution in [0.4, 0.5) is 5.69 Å². The zero-order valence-corrected chi connectivity index (χ0v) is 16.1.